The molecule has 1 heterocycles. The predicted molar refractivity (Wildman–Crippen MR) is 92.1 cm³/mol. The van der Waals surface area contributed by atoms with Crippen molar-refractivity contribution < 1.29 is 9.90 Å². The van der Waals surface area contributed by atoms with Crippen molar-refractivity contribution in [2.75, 3.05) is 6.61 Å². The number of carbonyl (C=O) groups excluding carboxylic acids is 1. The van der Waals surface area contributed by atoms with Crippen LogP contribution in [-0.4, -0.2) is 34.6 Å². The average Bonchev–Trinajstić information content (AvgIpc) is 2.54. The summed E-state index contributed by atoms with van der Waals surface area (Å²) in [5, 5.41) is 20.0. The van der Waals surface area contributed by atoms with E-state index in [2.05, 4.69) is 6.07 Å². The zero-order valence-electron chi connectivity index (χ0n) is 12.6. The number of amides is 1. The van der Waals surface area contributed by atoms with Gasteiger partial charge in [0.15, 0.2) is 0 Å². The van der Waals surface area contributed by atoms with E-state index in [1.165, 1.54) is 23.1 Å². The predicted octanol–water partition coefficient (Wildman–Crippen LogP) is 3.49. The molecule has 24 heavy (non-hydrogen) atoms. The van der Waals surface area contributed by atoms with E-state index in [1.807, 2.05) is 30.3 Å². The minimum atomic E-state index is -0.644. The van der Waals surface area contributed by atoms with Gasteiger partial charge in [0, 0.05) is 21.5 Å². The van der Waals surface area contributed by atoms with E-state index in [9.17, 15) is 15.2 Å². The van der Waals surface area contributed by atoms with E-state index in [0.717, 1.165) is 5.56 Å². The Kier molecular flexibility index (Phi) is 4.77. The molecule has 0 bridgehead atoms. The fraction of sp³-hybridized carbons (Fsp3) is 0.222. The van der Waals surface area contributed by atoms with Gasteiger partial charge in [-0.15, -0.1) is 0 Å². The van der Waals surface area contributed by atoms with Crippen molar-refractivity contribution in [3.05, 3.63) is 69.7 Å². The first-order chi connectivity index (χ1) is 11.6. The lowest BCUT2D eigenvalue weighted by Gasteiger charge is -2.51. The Morgan fingerprint density at radius 2 is 1.79 bits per heavy atom. The SMILES string of the molecule is N#C[C@H]1[C@H](c2ccccc2)[C@@H](CO)N1C(=O)c1cc(Cl)cc(Cl)c1. The van der Waals surface area contributed by atoms with E-state index in [4.69, 9.17) is 23.2 Å². The molecule has 0 radical (unpaired) electrons. The molecule has 0 spiro atoms. The first-order valence-electron chi connectivity index (χ1n) is 7.41. The minimum Gasteiger partial charge on any atom is -0.394 e. The van der Waals surface area contributed by atoms with Crippen LogP contribution in [0.3, 0.4) is 0 Å². The van der Waals surface area contributed by atoms with Gasteiger partial charge in [0.25, 0.3) is 5.91 Å². The number of hydrogen-bond acceptors (Lipinski definition) is 3. The topological polar surface area (TPSA) is 64.3 Å². The molecule has 1 amide bonds. The zero-order chi connectivity index (χ0) is 17.3. The molecule has 3 rings (SSSR count). The molecule has 0 unspecified atom stereocenters. The van der Waals surface area contributed by atoms with Crippen LogP contribution < -0.4 is 0 Å². The number of aliphatic hydroxyl groups excluding tert-OH is 1. The summed E-state index contributed by atoms with van der Waals surface area (Å²) >= 11 is 11.9. The van der Waals surface area contributed by atoms with Gasteiger partial charge in [-0.2, -0.15) is 5.26 Å². The van der Waals surface area contributed by atoms with Crippen LogP contribution in [0.2, 0.25) is 10.0 Å². The highest BCUT2D eigenvalue weighted by atomic mass is 35.5. The van der Waals surface area contributed by atoms with E-state index in [-0.39, 0.29) is 18.4 Å². The monoisotopic (exact) mass is 360 g/mol. The first-order valence-corrected chi connectivity index (χ1v) is 8.16. The molecule has 3 atom stereocenters. The van der Waals surface area contributed by atoms with Crippen molar-refractivity contribution in [2.24, 2.45) is 0 Å². The van der Waals surface area contributed by atoms with Crippen LogP contribution in [0.1, 0.15) is 21.8 Å². The first kappa shape index (κ1) is 16.8. The number of benzene rings is 2. The molecule has 1 saturated heterocycles. The lowest BCUT2D eigenvalue weighted by molar-refractivity contribution is -0.00585. The summed E-state index contributed by atoms with van der Waals surface area (Å²) < 4.78 is 0. The Hall–Kier alpha value is -2.06. The zero-order valence-corrected chi connectivity index (χ0v) is 14.1. The molecule has 1 aliphatic heterocycles. The lowest BCUT2D eigenvalue weighted by Crippen LogP contribution is -2.65. The van der Waals surface area contributed by atoms with Crippen LogP contribution in [0.25, 0.3) is 0 Å². The summed E-state index contributed by atoms with van der Waals surface area (Å²) in [4.78, 5) is 14.2. The van der Waals surface area contributed by atoms with Crippen LogP contribution in [0, 0.1) is 11.3 Å². The molecule has 2 aromatic rings. The van der Waals surface area contributed by atoms with E-state index in [0.29, 0.717) is 15.6 Å². The van der Waals surface area contributed by atoms with Crippen LogP contribution in [-0.2, 0) is 0 Å². The normalized spacial score (nSPS) is 22.6. The Morgan fingerprint density at radius 3 is 2.33 bits per heavy atom. The lowest BCUT2D eigenvalue weighted by atomic mass is 9.75. The number of carbonyl (C=O) groups is 1. The molecule has 1 fully saturated rings. The molecule has 122 valence electrons. The van der Waals surface area contributed by atoms with Gasteiger partial charge in [-0.05, 0) is 23.8 Å². The Morgan fingerprint density at radius 1 is 1.17 bits per heavy atom. The molecule has 2 aromatic carbocycles. The third kappa shape index (κ3) is 2.87. The Labute approximate surface area is 149 Å². The highest BCUT2D eigenvalue weighted by Crippen LogP contribution is 2.41. The minimum absolute atomic E-state index is 0.222. The number of nitriles is 1. The molecular weight excluding hydrogens is 347 g/mol. The van der Waals surface area contributed by atoms with Gasteiger partial charge < -0.3 is 10.0 Å². The number of halogens is 2. The highest BCUT2D eigenvalue weighted by molar-refractivity contribution is 6.35. The second kappa shape index (κ2) is 6.82. The molecule has 1 aliphatic rings. The van der Waals surface area contributed by atoms with Crippen LogP contribution in [0.15, 0.2) is 48.5 Å². The van der Waals surface area contributed by atoms with Gasteiger partial charge in [0.1, 0.15) is 6.04 Å². The molecule has 0 aromatic heterocycles. The summed E-state index contributed by atoms with van der Waals surface area (Å²) in [5.41, 5.74) is 1.23. The second-order valence-corrected chi connectivity index (χ2v) is 6.50. The maximum atomic E-state index is 12.8. The molecular formula is C18H14Cl2N2O2. The quantitative estimate of drug-likeness (QED) is 0.910. The number of aliphatic hydroxyl groups is 1. The van der Waals surface area contributed by atoms with Gasteiger partial charge in [-0.3, -0.25) is 4.79 Å². The van der Waals surface area contributed by atoms with Gasteiger partial charge in [0.05, 0.1) is 18.7 Å². The number of nitrogens with zero attached hydrogens (tertiary/aromatic N) is 2. The molecule has 0 aliphatic carbocycles. The van der Waals surface area contributed by atoms with Gasteiger partial charge in [0.2, 0.25) is 0 Å². The summed E-state index contributed by atoms with van der Waals surface area (Å²) in [6.07, 6.45) is 0. The third-order valence-corrected chi connectivity index (χ3v) is 4.70. The average molecular weight is 361 g/mol. The van der Waals surface area contributed by atoms with Crippen molar-refractivity contribution in [3.63, 3.8) is 0 Å². The smallest absolute Gasteiger partial charge is 0.255 e. The van der Waals surface area contributed by atoms with Crippen molar-refractivity contribution >= 4 is 29.1 Å². The summed E-state index contributed by atoms with van der Waals surface area (Å²) in [7, 11) is 0. The van der Waals surface area contributed by atoms with Gasteiger partial charge >= 0.3 is 0 Å². The van der Waals surface area contributed by atoms with Crippen molar-refractivity contribution in [1.29, 1.82) is 5.26 Å². The van der Waals surface area contributed by atoms with Crippen LogP contribution in [0.4, 0.5) is 0 Å². The largest absolute Gasteiger partial charge is 0.394 e. The Bertz CT molecular complexity index is 784. The summed E-state index contributed by atoms with van der Waals surface area (Å²) in [6, 6.07) is 15.1. The molecule has 1 N–H and O–H groups in total. The maximum Gasteiger partial charge on any atom is 0.255 e. The van der Waals surface area contributed by atoms with Crippen molar-refractivity contribution in [1.82, 2.24) is 4.90 Å². The fourth-order valence-electron chi connectivity index (χ4n) is 3.19. The van der Waals surface area contributed by atoms with Crippen LogP contribution in [0.5, 0.6) is 0 Å². The van der Waals surface area contributed by atoms with Gasteiger partial charge in [-0.1, -0.05) is 53.5 Å². The highest BCUT2D eigenvalue weighted by Gasteiger charge is 2.51. The van der Waals surface area contributed by atoms with Gasteiger partial charge in [-0.25, -0.2) is 0 Å². The summed E-state index contributed by atoms with van der Waals surface area (Å²) in [5.74, 6) is -0.586. The number of rotatable bonds is 3. The molecule has 6 heteroatoms. The number of likely N-dealkylation sites (tertiary alicyclic amines) is 1. The second-order valence-electron chi connectivity index (χ2n) is 5.63. The van der Waals surface area contributed by atoms with E-state index in [1.54, 1.807) is 0 Å². The molecule has 0 saturated carbocycles. The number of hydrogen-bond donors (Lipinski definition) is 1. The van der Waals surface area contributed by atoms with Crippen molar-refractivity contribution in [2.45, 2.75) is 18.0 Å². The fourth-order valence-corrected chi connectivity index (χ4v) is 3.71. The summed E-state index contributed by atoms with van der Waals surface area (Å²) in [6.45, 7) is -0.224. The molecule has 4 nitrogen and oxygen atoms in total. The van der Waals surface area contributed by atoms with Crippen molar-refractivity contribution in [3.8, 4) is 6.07 Å². The third-order valence-electron chi connectivity index (χ3n) is 4.26. The maximum absolute atomic E-state index is 12.8. The van der Waals surface area contributed by atoms with E-state index < -0.39 is 12.1 Å². The Balaban J connectivity index is 1.93. The standard InChI is InChI=1S/C18H14Cl2N2O2/c19-13-6-12(7-14(20)8-13)18(24)22-15(9-21)17(16(22)10-23)11-4-2-1-3-5-11/h1-8,15-17,23H,10H2/t15-,16+,17-/m0/s1. The van der Waals surface area contributed by atoms with Crippen LogP contribution >= 0.6 is 23.2 Å². The van der Waals surface area contributed by atoms with E-state index >= 15 is 0 Å².